The minimum atomic E-state index is -0.946. The molecule has 2 N–H and O–H groups in total. The van der Waals surface area contributed by atoms with Gasteiger partial charge in [0.05, 0.1) is 18.4 Å². The Morgan fingerprint density at radius 3 is 2.50 bits per heavy atom. The van der Waals surface area contributed by atoms with Crippen molar-refractivity contribution in [3.8, 4) is 11.1 Å². The molecule has 0 radical (unpaired) electrons. The maximum atomic E-state index is 13.0. The molecule has 0 saturated heterocycles. The molecule has 2 unspecified atom stereocenters. The summed E-state index contributed by atoms with van der Waals surface area (Å²) in [5.41, 5.74) is 1.85. The van der Waals surface area contributed by atoms with Gasteiger partial charge in [-0.25, -0.2) is 4.79 Å². The summed E-state index contributed by atoms with van der Waals surface area (Å²) >= 11 is 1.25. The SMILES string of the molecule is CCOC(=O)c1c(-c2ccc3ccccc3c2)csc1NC(=O)C1CCCCC1C(=O)O. The molecule has 3 aromatic rings. The summed E-state index contributed by atoms with van der Waals surface area (Å²) in [7, 11) is 0. The lowest BCUT2D eigenvalue weighted by molar-refractivity contribution is -0.147. The number of aliphatic carboxylic acids is 1. The number of thiophene rings is 1. The van der Waals surface area contributed by atoms with Crippen LogP contribution in [0.5, 0.6) is 0 Å². The van der Waals surface area contributed by atoms with Crippen LogP contribution in [0.15, 0.2) is 47.8 Å². The molecule has 1 aromatic heterocycles. The van der Waals surface area contributed by atoms with Gasteiger partial charge in [-0.1, -0.05) is 49.2 Å². The fourth-order valence-corrected chi connectivity index (χ4v) is 5.33. The molecule has 7 heteroatoms. The zero-order valence-corrected chi connectivity index (χ0v) is 18.6. The van der Waals surface area contributed by atoms with Crippen LogP contribution in [0.4, 0.5) is 5.00 Å². The fraction of sp³-hybridized carbons (Fsp3) is 0.320. The number of carbonyl (C=O) groups excluding carboxylic acids is 2. The first-order chi connectivity index (χ1) is 15.5. The summed E-state index contributed by atoms with van der Waals surface area (Å²) in [5, 5.41) is 16.7. The van der Waals surface area contributed by atoms with Gasteiger partial charge >= 0.3 is 11.9 Å². The lowest BCUT2D eigenvalue weighted by atomic mass is 9.79. The summed E-state index contributed by atoms with van der Waals surface area (Å²) in [6.45, 7) is 1.95. The Bertz CT molecular complexity index is 1170. The van der Waals surface area contributed by atoms with Crippen molar-refractivity contribution in [3.05, 3.63) is 53.4 Å². The van der Waals surface area contributed by atoms with Crippen molar-refractivity contribution < 1.29 is 24.2 Å². The molecule has 0 aliphatic heterocycles. The van der Waals surface area contributed by atoms with Crippen LogP contribution >= 0.6 is 11.3 Å². The number of hydrogen-bond donors (Lipinski definition) is 2. The van der Waals surface area contributed by atoms with E-state index in [2.05, 4.69) is 5.32 Å². The topological polar surface area (TPSA) is 92.7 Å². The van der Waals surface area contributed by atoms with Crippen LogP contribution in [0.2, 0.25) is 0 Å². The summed E-state index contributed by atoms with van der Waals surface area (Å²) < 4.78 is 5.29. The number of carbonyl (C=O) groups is 3. The molecular weight excluding hydrogens is 426 g/mol. The lowest BCUT2D eigenvalue weighted by Crippen LogP contribution is -2.36. The van der Waals surface area contributed by atoms with Crippen molar-refractivity contribution in [1.29, 1.82) is 0 Å². The normalized spacial score (nSPS) is 18.3. The molecular formula is C25H25NO5S. The number of ether oxygens (including phenoxy) is 1. The predicted octanol–water partition coefficient (Wildman–Crippen LogP) is 5.57. The number of benzene rings is 2. The van der Waals surface area contributed by atoms with Gasteiger partial charge in [-0.2, -0.15) is 0 Å². The van der Waals surface area contributed by atoms with E-state index in [1.807, 2.05) is 47.8 Å². The number of carboxylic acids is 1. The highest BCUT2D eigenvalue weighted by molar-refractivity contribution is 7.15. The maximum Gasteiger partial charge on any atom is 0.341 e. The van der Waals surface area contributed by atoms with Gasteiger partial charge in [-0.05, 0) is 42.2 Å². The quantitative estimate of drug-likeness (QED) is 0.478. The average Bonchev–Trinajstić information content (AvgIpc) is 3.22. The maximum absolute atomic E-state index is 13.0. The van der Waals surface area contributed by atoms with Crippen molar-refractivity contribution in [2.24, 2.45) is 11.8 Å². The highest BCUT2D eigenvalue weighted by atomic mass is 32.1. The summed E-state index contributed by atoms with van der Waals surface area (Å²) in [6.07, 6.45) is 2.64. The molecule has 2 aromatic carbocycles. The zero-order chi connectivity index (χ0) is 22.7. The standard InChI is InChI=1S/C25H25NO5S/c1-2-31-25(30)21-20(17-12-11-15-7-3-4-8-16(15)13-17)14-32-23(21)26-22(27)18-9-5-6-10-19(18)24(28)29/h3-4,7-8,11-14,18-19H,2,5-6,9-10H2,1H3,(H,26,27)(H,28,29). The third-order valence-corrected chi connectivity index (χ3v) is 6.88. The molecule has 0 spiro atoms. The molecule has 1 saturated carbocycles. The van der Waals surface area contributed by atoms with E-state index in [4.69, 9.17) is 4.74 Å². The minimum Gasteiger partial charge on any atom is -0.481 e. The van der Waals surface area contributed by atoms with E-state index in [1.165, 1.54) is 11.3 Å². The van der Waals surface area contributed by atoms with Crippen LogP contribution in [-0.2, 0) is 14.3 Å². The van der Waals surface area contributed by atoms with Gasteiger partial charge in [0.2, 0.25) is 5.91 Å². The monoisotopic (exact) mass is 451 g/mol. The highest BCUT2D eigenvalue weighted by Crippen LogP contribution is 2.39. The molecule has 1 aliphatic rings. The minimum absolute atomic E-state index is 0.211. The average molecular weight is 452 g/mol. The number of rotatable bonds is 6. The van der Waals surface area contributed by atoms with Gasteiger partial charge < -0.3 is 15.2 Å². The number of amides is 1. The van der Waals surface area contributed by atoms with E-state index in [0.717, 1.165) is 29.2 Å². The largest absolute Gasteiger partial charge is 0.481 e. The van der Waals surface area contributed by atoms with Crippen LogP contribution in [0.25, 0.3) is 21.9 Å². The second-order valence-electron chi connectivity index (χ2n) is 7.96. The molecule has 4 rings (SSSR count). The molecule has 166 valence electrons. The molecule has 6 nitrogen and oxygen atoms in total. The van der Waals surface area contributed by atoms with E-state index >= 15 is 0 Å². The Kier molecular flexibility index (Phi) is 6.55. The van der Waals surface area contributed by atoms with Crippen molar-refractivity contribution >= 4 is 45.0 Å². The zero-order valence-electron chi connectivity index (χ0n) is 17.8. The van der Waals surface area contributed by atoms with Crippen molar-refractivity contribution in [1.82, 2.24) is 0 Å². The Morgan fingerprint density at radius 1 is 1.06 bits per heavy atom. The van der Waals surface area contributed by atoms with Gasteiger partial charge in [-0.3, -0.25) is 9.59 Å². The lowest BCUT2D eigenvalue weighted by Gasteiger charge is -2.27. The van der Waals surface area contributed by atoms with Gasteiger partial charge in [0, 0.05) is 10.9 Å². The van der Waals surface area contributed by atoms with Gasteiger partial charge in [0.15, 0.2) is 0 Å². The first-order valence-electron chi connectivity index (χ1n) is 10.8. The Hall–Kier alpha value is -3.19. The van der Waals surface area contributed by atoms with E-state index in [1.54, 1.807) is 6.92 Å². The molecule has 1 fully saturated rings. The summed E-state index contributed by atoms with van der Waals surface area (Å²) in [6, 6.07) is 13.9. The van der Waals surface area contributed by atoms with Crippen molar-refractivity contribution in [3.63, 3.8) is 0 Å². The number of carboxylic acid groups (broad SMARTS) is 1. The summed E-state index contributed by atoms with van der Waals surface area (Å²) in [5.74, 6) is -3.11. The first kappa shape index (κ1) is 22.0. The van der Waals surface area contributed by atoms with Gasteiger partial charge in [0.1, 0.15) is 10.6 Å². The third kappa shape index (κ3) is 4.39. The summed E-state index contributed by atoms with van der Waals surface area (Å²) in [4.78, 5) is 37.5. The third-order valence-electron chi connectivity index (χ3n) is 5.99. The van der Waals surface area contributed by atoms with E-state index in [0.29, 0.717) is 29.0 Å². The Morgan fingerprint density at radius 2 is 1.78 bits per heavy atom. The van der Waals surface area contributed by atoms with Crippen LogP contribution in [0, 0.1) is 11.8 Å². The number of fused-ring (bicyclic) bond motifs is 1. The molecule has 2 atom stereocenters. The molecule has 1 aliphatic carbocycles. The molecule has 0 bridgehead atoms. The van der Waals surface area contributed by atoms with E-state index < -0.39 is 23.8 Å². The van der Waals surface area contributed by atoms with Gasteiger partial charge in [-0.15, -0.1) is 11.3 Å². The number of hydrogen-bond acceptors (Lipinski definition) is 5. The van der Waals surface area contributed by atoms with Crippen LogP contribution in [0.3, 0.4) is 0 Å². The van der Waals surface area contributed by atoms with Crippen LogP contribution in [0.1, 0.15) is 43.0 Å². The highest BCUT2D eigenvalue weighted by Gasteiger charge is 2.36. The number of esters is 1. The smallest absolute Gasteiger partial charge is 0.341 e. The van der Waals surface area contributed by atoms with Gasteiger partial charge in [0.25, 0.3) is 0 Å². The molecule has 1 heterocycles. The van der Waals surface area contributed by atoms with E-state index in [-0.39, 0.29) is 12.5 Å². The number of nitrogens with one attached hydrogen (secondary N) is 1. The van der Waals surface area contributed by atoms with Crippen molar-refractivity contribution in [2.45, 2.75) is 32.6 Å². The molecule has 1 amide bonds. The first-order valence-corrected chi connectivity index (χ1v) is 11.7. The number of anilines is 1. The van der Waals surface area contributed by atoms with E-state index in [9.17, 15) is 19.5 Å². The Balaban J connectivity index is 1.69. The Labute approximate surface area is 190 Å². The van der Waals surface area contributed by atoms with Crippen LogP contribution in [-0.4, -0.2) is 29.6 Å². The van der Waals surface area contributed by atoms with Crippen molar-refractivity contribution in [2.75, 3.05) is 11.9 Å². The predicted molar refractivity (Wildman–Crippen MR) is 125 cm³/mol. The second kappa shape index (κ2) is 9.53. The fourth-order valence-electron chi connectivity index (χ4n) is 4.37. The molecule has 32 heavy (non-hydrogen) atoms. The second-order valence-corrected chi connectivity index (χ2v) is 8.84. The van der Waals surface area contributed by atoms with Crippen LogP contribution < -0.4 is 5.32 Å².